The lowest BCUT2D eigenvalue weighted by molar-refractivity contribution is -0.124. The number of halogens is 1. The van der Waals surface area contributed by atoms with Crippen molar-refractivity contribution in [2.24, 2.45) is 0 Å². The Balaban J connectivity index is 1.31. The predicted octanol–water partition coefficient (Wildman–Crippen LogP) is 4.94. The number of carbonyl (C=O) groups is 2. The van der Waals surface area contributed by atoms with Crippen molar-refractivity contribution >= 4 is 33.4 Å². The molecule has 2 aliphatic rings. The molecule has 0 radical (unpaired) electrons. The third-order valence-corrected chi connectivity index (χ3v) is 10.5. The Morgan fingerprint density at radius 2 is 1.67 bits per heavy atom. The van der Waals surface area contributed by atoms with E-state index in [0.717, 1.165) is 38.9 Å². The van der Waals surface area contributed by atoms with Crippen molar-refractivity contribution in [3.8, 4) is 0 Å². The van der Waals surface area contributed by atoms with E-state index in [0.29, 0.717) is 35.7 Å². The Morgan fingerprint density at radius 3 is 2.37 bits per heavy atom. The summed E-state index contributed by atoms with van der Waals surface area (Å²) >= 11 is 6.01. The van der Waals surface area contributed by atoms with Gasteiger partial charge in [0, 0.05) is 55.9 Å². The van der Waals surface area contributed by atoms with Gasteiger partial charge in [0.05, 0.1) is 4.90 Å². The highest BCUT2D eigenvalue weighted by atomic mass is 35.5. The maximum atomic E-state index is 13.8. The summed E-state index contributed by atoms with van der Waals surface area (Å²) in [5.74, 6) is -0.326. The molecule has 3 aromatic rings. The number of hydrogen-bond acceptors (Lipinski definition) is 5. The number of carbonyl (C=O) groups excluding carboxylic acids is 2. The Bertz CT molecular complexity index is 1500. The molecule has 2 aliphatic heterocycles. The minimum Gasteiger partial charge on any atom is -0.355 e. The molecule has 5 rings (SSSR count). The van der Waals surface area contributed by atoms with Gasteiger partial charge in [-0.05, 0) is 80.1 Å². The molecule has 1 N–H and O–H groups in total. The molecule has 43 heavy (non-hydrogen) atoms. The van der Waals surface area contributed by atoms with Crippen molar-refractivity contribution in [1.29, 1.82) is 0 Å². The van der Waals surface area contributed by atoms with Gasteiger partial charge in [-0.1, -0.05) is 54.1 Å². The second-order valence-electron chi connectivity index (χ2n) is 11.3. The molecule has 0 spiro atoms. The van der Waals surface area contributed by atoms with Crippen LogP contribution in [0.4, 0.5) is 0 Å². The van der Waals surface area contributed by atoms with Crippen LogP contribution in [0.25, 0.3) is 0 Å². The summed E-state index contributed by atoms with van der Waals surface area (Å²) in [4.78, 5) is 31.0. The SMILES string of the molecule is CCN(C(=O)c1ccc(CN([C@@H]2CCCCNC2=O)S(=O)(=O)c2ccc(Cl)cc2)cc1)C1CCN(Cc2ccccc2)C1. The van der Waals surface area contributed by atoms with Crippen LogP contribution in [0.1, 0.15) is 54.1 Å². The highest BCUT2D eigenvalue weighted by molar-refractivity contribution is 7.89. The lowest BCUT2D eigenvalue weighted by Gasteiger charge is -2.30. The van der Waals surface area contributed by atoms with Crippen LogP contribution in [-0.4, -0.2) is 72.6 Å². The largest absolute Gasteiger partial charge is 0.355 e. The summed E-state index contributed by atoms with van der Waals surface area (Å²) in [6.45, 7) is 5.78. The first kappa shape index (κ1) is 31.2. The van der Waals surface area contributed by atoms with Crippen LogP contribution < -0.4 is 5.32 Å². The first-order chi connectivity index (χ1) is 20.8. The smallest absolute Gasteiger partial charge is 0.254 e. The summed E-state index contributed by atoms with van der Waals surface area (Å²) < 4.78 is 29.0. The fourth-order valence-corrected chi connectivity index (χ4v) is 7.75. The van der Waals surface area contributed by atoms with Gasteiger partial charge in [0.2, 0.25) is 15.9 Å². The zero-order valence-corrected chi connectivity index (χ0v) is 26.1. The van der Waals surface area contributed by atoms with Gasteiger partial charge in [0.15, 0.2) is 0 Å². The van der Waals surface area contributed by atoms with Crippen molar-refractivity contribution < 1.29 is 18.0 Å². The van der Waals surface area contributed by atoms with E-state index in [1.165, 1.54) is 34.1 Å². The number of sulfonamides is 1. The van der Waals surface area contributed by atoms with E-state index >= 15 is 0 Å². The topological polar surface area (TPSA) is 90.0 Å². The van der Waals surface area contributed by atoms with E-state index in [1.54, 1.807) is 24.3 Å². The fraction of sp³-hybridized carbons (Fsp3) is 0.394. The first-order valence-corrected chi connectivity index (χ1v) is 16.8. The van der Waals surface area contributed by atoms with E-state index in [4.69, 9.17) is 11.6 Å². The average Bonchev–Trinajstić information content (AvgIpc) is 3.36. The third kappa shape index (κ3) is 7.47. The normalized spacial score (nSPS) is 19.7. The van der Waals surface area contributed by atoms with Gasteiger partial charge in [0.1, 0.15) is 6.04 Å². The Morgan fingerprint density at radius 1 is 0.953 bits per heavy atom. The van der Waals surface area contributed by atoms with Crippen LogP contribution in [-0.2, 0) is 27.9 Å². The number of rotatable bonds is 10. The highest BCUT2D eigenvalue weighted by Crippen LogP contribution is 2.27. The number of nitrogens with one attached hydrogen (secondary N) is 1. The number of nitrogens with zero attached hydrogens (tertiary/aromatic N) is 3. The van der Waals surface area contributed by atoms with E-state index in [-0.39, 0.29) is 29.3 Å². The Labute approximate surface area is 259 Å². The number of likely N-dealkylation sites (N-methyl/N-ethyl adjacent to an activating group) is 1. The summed E-state index contributed by atoms with van der Waals surface area (Å²) in [6, 6.07) is 22.8. The second kappa shape index (κ2) is 14.0. The second-order valence-corrected chi connectivity index (χ2v) is 13.6. The molecule has 0 aromatic heterocycles. The molecular formula is C33H39ClN4O4S. The van der Waals surface area contributed by atoms with Crippen LogP contribution in [0.2, 0.25) is 5.02 Å². The summed E-state index contributed by atoms with van der Waals surface area (Å²) in [6.07, 6.45) is 2.89. The molecule has 10 heteroatoms. The minimum atomic E-state index is -4.01. The molecule has 8 nitrogen and oxygen atoms in total. The molecule has 228 valence electrons. The standard InChI is InChI=1S/C33H39ClN4O4S/c1-2-37(29-19-21-36(24-29)22-25-8-4-3-5-9-25)33(40)27-13-11-26(12-14-27)23-38(31-10-6-7-20-35-32(31)39)43(41,42)30-17-15-28(34)16-18-30/h3-5,8-9,11-18,29,31H,2,6-7,10,19-24H2,1H3,(H,35,39)/t29?,31-/m1/s1. The molecule has 2 saturated heterocycles. The lowest BCUT2D eigenvalue weighted by Crippen LogP contribution is -2.48. The minimum absolute atomic E-state index is 0.00603. The van der Waals surface area contributed by atoms with Crippen LogP contribution in [0.5, 0.6) is 0 Å². The Hall–Kier alpha value is -3.24. The van der Waals surface area contributed by atoms with Crippen molar-refractivity contribution in [2.45, 2.75) is 62.7 Å². The molecule has 0 aliphatic carbocycles. The van der Waals surface area contributed by atoms with E-state index < -0.39 is 16.1 Å². The maximum Gasteiger partial charge on any atom is 0.254 e. The monoisotopic (exact) mass is 622 g/mol. The first-order valence-electron chi connectivity index (χ1n) is 15.0. The zero-order chi connectivity index (χ0) is 30.4. The Kier molecular flexibility index (Phi) is 10.2. The molecule has 0 saturated carbocycles. The number of benzene rings is 3. The van der Waals surface area contributed by atoms with Crippen LogP contribution in [0, 0.1) is 0 Å². The molecule has 0 bridgehead atoms. The quantitative estimate of drug-likeness (QED) is 0.346. The van der Waals surface area contributed by atoms with Crippen LogP contribution in [0.3, 0.4) is 0 Å². The number of hydrogen-bond donors (Lipinski definition) is 1. The average molecular weight is 623 g/mol. The number of amides is 2. The van der Waals surface area contributed by atoms with Gasteiger partial charge in [0.25, 0.3) is 5.91 Å². The summed E-state index contributed by atoms with van der Waals surface area (Å²) in [7, 11) is -4.01. The van der Waals surface area contributed by atoms with Gasteiger partial charge in [-0.15, -0.1) is 0 Å². The fourth-order valence-electron chi connectivity index (χ4n) is 6.02. The van der Waals surface area contributed by atoms with Crippen molar-refractivity contribution in [3.63, 3.8) is 0 Å². The van der Waals surface area contributed by atoms with Crippen molar-refractivity contribution in [1.82, 2.24) is 19.4 Å². The molecule has 2 amide bonds. The highest BCUT2D eigenvalue weighted by Gasteiger charge is 2.37. The number of likely N-dealkylation sites (tertiary alicyclic amines) is 1. The van der Waals surface area contributed by atoms with Crippen LogP contribution >= 0.6 is 11.6 Å². The van der Waals surface area contributed by atoms with Gasteiger partial charge >= 0.3 is 0 Å². The van der Waals surface area contributed by atoms with Gasteiger partial charge in [-0.3, -0.25) is 14.5 Å². The van der Waals surface area contributed by atoms with E-state index in [9.17, 15) is 18.0 Å². The molecule has 2 fully saturated rings. The summed E-state index contributed by atoms with van der Waals surface area (Å²) in [5, 5.41) is 3.29. The van der Waals surface area contributed by atoms with Crippen molar-refractivity contribution in [3.05, 3.63) is 101 Å². The zero-order valence-electron chi connectivity index (χ0n) is 24.5. The lowest BCUT2D eigenvalue weighted by atomic mass is 10.1. The van der Waals surface area contributed by atoms with Crippen molar-refractivity contribution in [2.75, 3.05) is 26.2 Å². The summed E-state index contributed by atoms with van der Waals surface area (Å²) in [5.41, 5.74) is 2.53. The molecule has 2 heterocycles. The third-order valence-electron chi connectivity index (χ3n) is 8.35. The predicted molar refractivity (Wildman–Crippen MR) is 168 cm³/mol. The van der Waals surface area contributed by atoms with E-state index in [1.807, 2.05) is 30.0 Å². The van der Waals surface area contributed by atoms with Gasteiger partial charge in [-0.2, -0.15) is 4.31 Å². The molecule has 1 unspecified atom stereocenters. The van der Waals surface area contributed by atoms with E-state index in [2.05, 4.69) is 22.3 Å². The molecule has 3 aromatic carbocycles. The van der Waals surface area contributed by atoms with Gasteiger partial charge in [-0.25, -0.2) is 8.42 Å². The molecular weight excluding hydrogens is 584 g/mol. The molecule has 2 atom stereocenters. The maximum absolute atomic E-state index is 13.8. The van der Waals surface area contributed by atoms with Crippen LogP contribution in [0.15, 0.2) is 83.8 Å². The van der Waals surface area contributed by atoms with Gasteiger partial charge < -0.3 is 10.2 Å².